The number of carbonyl (C=O) groups is 2. The molecule has 2 heterocycles. The molecule has 0 spiro atoms. The van der Waals surface area contributed by atoms with Crippen LogP contribution in [0.4, 0.5) is 4.79 Å². The molecular weight excluding hydrogens is 188 g/mol. The highest BCUT2D eigenvalue weighted by Gasteiger charge is 2.37. The van der Waals surface area contributed by atoms with Crippen molar-refractivity contribution in [3.63, 3.8) is 0 Å². The van der Waals surface area contributed by atoms with Crippen LogP contribution >= 0.6 is 0 Å². The van der Waals surface area contributed by atoms with Gasteiger partial charge in [0, 0.05) is 19.4 Å². The summed E-state index contributed by atoms with van der Waals surface area (Å²) in [6.45, 7) is 0.760. The van der Waals surface area contributed by atoms with Crippen LogP contribution in [0.2, 0.25) is 0 Å². The summed E-state index contributed by atoms with van der Waals surface area (Å²) in [7, 11) is 0. The lowest BCUT2D eigenvalue weighted by Crippen LogP contribution is -2.55. The number of carbonyl (C=O) groups excluding carboxylic acids is 2. The molecule has 0 aromatic carbocycles. The zero-order valence-electron chi connectivity index (χ0n) is 7.60. The fourth-order valence-electron chi connectivity index (χ4n) is 1.68. The first kappa shape index (κ1) is 9.42. The predicted molar refractivity (Wildman–Crippen MR) is 45.2 cm³/mol. The number of nitrogens with one attached hydrogen (secondary N) is 1. The highest BCUT2D eigenvalue weighted by Crippen LogP contribution is 2.19. The van der Waals surface area contributed by atoms with E-state index in [2.05, 4.69) is 5.32 Å². The first-order chi connectivity index (χ1) is 6.68. The molecule has 1 unspecified atom stereocenters. The third-order valence-corrected chi connectivity index (χ3v) is 2.43. The van der Waals surface area contributed by atoms with Crippen molar-refractivity contribution >= 4 is 11.9 Å². The number of aliphatic hydroxyl groups excluding tert-OH is 1. The van der Waals surface area contributed by atoms with Crippen LogP contribution in [0.1, 0.15) is 12.8 Å². The van der Waals surface area contributed by atoms with Gasteiger partial charge in [-0.2, -0.15) is 0 Å². The van der Waals surface area contributed by atoms with Crippen molar-refractivity contribution in [1.29, 1.82) is 0 Å². The normalized spacial score (nSPS) is 33.4. The molecule has 2 aliphatic heterocycles. The lowest BCUT2D eigenvalue weighted by atomic mass is 10.2. The van der Waals surface area contributed by atoms with Gasteiger partial charge in [0.25, 0.3) is 0 Å². The molecule has 0 aliphatic carbocycles. The smallest absolute Gasteiger partial charge is 0.326 e. The number of amides is 3. The van der Waals surface area contributed by atoms with Crippen molar-refractivity contribution in [3.05, 3.63) is 0 Å². The summed E-state index contributed by atoms with van der Waals surface area (Å²) in [5, 5.41) is 11.7. The van der Waals surface area contributed by atoms with Gasteiger partial charge in [0.15, 0.2) is 6.23 Å². The van der Waals surface area contributed by atoms with Crippen LogP contribution in [0.15, 0.2) is 0 Å². The molecule has 2 aliphatic rings. The van der Waals surface area contributed by atoms with E-state index in [1.165, 1.54) is 4.90 Å². The van der Waals surface area contributed by atoms with E-state index in [4.69, 9.17) is 4.74 Å². The van der Waals surface area contributed by atoms with Gasteiger partial charge in [0.1, 0.15) is 6.10 Å². The second-order valence-electron chi connectivity index (χ2n) is 3.41. The van der Waals surface area contributed by atoms with E-state index in [0.29, 0.717) is 19.6 Å². The van der Waals surface area contributed by atoms with Crippen molar-refractivity contribution in [2.75, 3.05) is 13.2 Å². The zero-order chi connectivity index (χ0) is 10.1. The van der Waals surface area contributed by atoms with Crippen LogP contribution in [0.25, 0.3) is 0 Å². The molecule has 2 rings (SSSR count). The Hall–Kier alpha value is -1.14. The van der Waals surface area contributed by atoms with Gasteiger partial charge in [-0.15, -0.1) is 0 Å². The van der Waals surface area contributed by atoms with Gasteiger partial charge in [-0.05, 0) is 0 Å². The summed E-state index contributed by atoms with van der Waals surface area (Å²) in [5.74, 6) is -0.279. The highest BCUT2D eigenvalue weighted by molar-refractivity contribution is 5.96. The average Bonchev–Trinajstić information content (AvgIpc) is 2.52. The standard InChI is InChI=1S/C8H12N2O4/c11-5-2-4-14-7(5)10-3-1-6(12)9-8(10)13/h5,7,11H,1-4H2,(H,9,12,13)/t5-,7?/m1/s1. The van der Waals surface area contributed by atoms with Gasteiger partial charge < -0.3 is 9.84 Å². The number of hydrogen-bond donors (Lipinski definition) is 2. The quantitative estimate of drug-likeness (QED) is 0.571. The number of ether oxygens (including phenoxy) is 1. The molecule has 6 nitrogen and oxygen atoms in total. The Labute approximate surface area is 80.8 Å². The molecule has 6 heteroatoms. The lowest BCUT2D eigenvalue weighted by molar-refractivity contribution is -0.124. The van der Waals surface area contributed by atoms with Gasteiger partial charge in [-0.25, -0.2) is 4.79 Å². The Balaban J connectivity index is 2.03. The van der Waals surface area contributed by atoms with Crippen LogP contribution in [0, 0.1) is 0 Å². The Kier molecular flexibility index (Phi) is 2.39. The Morgan fingerprint density at radius 1 is 1.50 bits per heavy atom. The summed E-state index contributed by atoms with van der Waals surface area (Å²) in [5.41, 5.74) is 0. The van der Waals surface area contributed by atoms with E-state index in [1.54, 1.807) is 0 Å². The number of aliphatic hydroxyl groups is 1. The number of hydrogen-bond acceptors (Lipinski definition) is 4. The van der Waals surface area contributed by atoms with Crippen molar-refractivity contribution in [2.45, 2.75) is 25.2 Å². The third kappa shape index (κ3) is 1.58. The first-order valence-electron chi connectivity index (χ1n) is 4.58. The molecular formula is C8H12N2O4. The van der Waals surface area contributed by atoms with Crippen LogP contribution in [0.3, 0.4) is 0 Å². The van der Waals surface area contributed by atoms with Crippen LogP contribution in [-0.4, -0.2) is 47.4 Å². The van der Waals surface area contributed by atoms with E-state index < -0.39 is 18.4 Å². The molecule has 78 valence electrons. The molecule has 0 aromatic heterocycles. The maximum Gasteiger partial charge on any atom is 0.326 e. The Bertz CT molecular complexity index is 268. The van der Waals surface area contributed by atoms with Gasteiger partial charge in [-0.1, -0.05) is 0 Å². The summed E-state index contributed by atoms with van der Waals surface area (Å²) >= 11 is 0. The summed E-state index contributed by atoms with van der Waals surface area (Å²) < 4.78 is 5.21. The summed E-state index contributed by atoms with van der Waals surface area (Å²) in [6, 6.07) is -0.479. The number of imide groups is 1. The molecule has 0 saturated carbocycles. The SMILES string of the molecule is O=C1CCN(C2OCC[C@H]2O)C(=O)N1. The van der Waals surface area contributed by atoms with E-state index >= 15 is 0 Å². The minimum Gasteiger partial charge on any atom is -0.388 e. The Morgan fingerprint density at radius 3 is 2.86 bits per heavy atom. The summed E-state index contributed by atoms with van der Waals surface area (Å²) in [6.07, 6.45) is -0.446. The fraction of sp³-hybridized carbons (Fsp3) is 0.750. The zero-order valence-corrected chi connectivity index (χ0v) is 7.60. The second kappa shape index (κ2) is 3.55. The van der Waals surface area contributed by atoms with E-state index in [-0.39, 0.29) is 12.3 Å². The monoisotopic (exact) mass is 200 g/mol. The van der Waals surface area contributed by atoms with Crippen molar-refractivity contribution in [3.8, 4) is 0 Å². The predicted octanol–water partition coefficient (Wildman–Crippen LogP) is -0.964. The Morgan fingerprint density at radius 2 is 2.29 bits per heavy atom. The molecule has 3 amide bonds. The molecule has 0 bridgehead atoms. The molecule has 2 saturated heterocycles. The largest absolute Gasteiger partial charge is 0.388 e. The molecule has 2 atom stereocenters. The highest BCUT2D eigenvalue weighted by atomic mass is 16.5. The van der Waals surface area contributed by atoms with Gasteiger partial charge in [0.2, 0.25) is 5.91 Å². The topological polar surface area (TPSA) is 78.9 Å². The lowest BCUT2D eigenvalue weighted by Gasteiger charge is -2.32. The van der Waals surface area contributed by atoms with Gasteiger partial charge in [-0.3, -0.25) is 15.0 Å². The average molecular weight is 200 g/mol. The maximum atomic E-state index is 11.3. The molecule has 0 radical (unpaired) electrons. The number of nitrogens with zero attached hydrogens (tertiary/aromatic N) is 1. The fourth-order valence-corrected chi connectivity index (χ4v) is 1.68. The van der Waals surface area contributed by atoms with Crippen molar-refractivity contribution in [2.24, 2.45) is 0 Å². The minimum absolute atomic E-state index is 0.262. The number of rotatable bonds is 1. The molecule has 0 aromatic rings. The van der Waals surface area contributed by atoms with Crippen molar-refractivity contribution in [1.82, 2.24) is 10.2 Å². The van der Waals surface area contributed by atoms with Crippen LogP contribution in [0.5, 0.6) is 0 Å². The third-order valence-electron chi connectivity index (χ3n) is 2.43. The second-order valence-corrected chi connectivity index (χ2v) is 3.41. The van der Waals surface area contributed by atoms with Crippen LogP contribution in [-0.2, 0) is 9.53 Å². The number of urea groups is 1. The van der Waals surface area contributed by atoms with Gasteiger partial charge >= 0.3 is 6.03 Å². The van der Waals surface area contributed by atoms with Crippen molar-refractivity contribution < 1.29 is 19.4 Å². The molecule has 2 fully saturated rings. The molecule has 14 heavy (non-hydrogen) atoms. The van der Waals surface area contributed by atoms with E-state index in [1.807, 2.05) is 0 Å². The van der Waals surface area contributed by atoms with E-state index in [9.17, 15) is 14.7 Å². The minimum atomic E-state index is -0.644. The van der Waals surface area contributed by atoms with E-state index in [0.717, 1.165) is 0 Å². The van der Waals surface area contributed by atoms with Gasteiger partial charge in [0.05, 0.1) is 6.61 Å². The maximum absolute atomic E-state index is 11.3. The molecule has 2 N–H and O–H groups in total. The van der Waals surface area contributed by atoms with Crippen LogP contribution < -0.4 is 5.32 Å². The first-order valence-corrected chi connectivity index (χ1v) is 4.58. The summed E-state index contributed by atoms with van der Waals surface area (Å²) in [4.78, 5) is 23.6.